The number of piperazine rings is 1. The molecule has 0 saturated carbocycles. The Morgan fingerprint density at radius 1 is 1.07 bits per heavy atom. The number of thiazole rings is 1. The summed E-state index contributed by atoms with van der Waals surface area (Å²) in [4.78, 5) is 33.3. The van der Waals surface area contributed by atoms with Crippen molar-refractivity contribution in [2.24, 2.45) is 0 Å². The number of amides is 2. The fourth-order valence-corrected chi connectivity index (χ4v) is 4.20. The van der Waals surface area contributed by atoms with E-state index in [1.807, 2.05) is 59.7 Å². The predicted molar refractivity (Wildman–Crippen MR) is 114 cm³/mol. The zero-order valence-electron chi connectivity index (χ0n) is 16.4. The SMILES string of the molecule is Cc1ccc(CN2CCN(C(=O)Cc3csc(-c4ccccc4)n3)CC2=O)cc1. The number of carbonyl (C=O) groups excluding carboxylic acids is 2. The van der Waals surface area contributed by atoms with Gasteiger partial charge in [0.1, 0.15) is 5.01 Å². The van der Waals surface area contributed by atoms with Gasteiger partial charge in [0, 0.05) is 30.6 Å². The summed E-state index contributed by atoms with van der Waals surface area (Å²) < 4.78 is 0. The predicted octanol–water partition coefficient (Wildman–Crippen LogP) is 3.53. The van der Waals surface area contributed by atoms with Crippen molar-refractivity contribution in [1.82, 2.24) is 14.8 Å². The molecule has 4 rings (SSSR count). The van der Waals surface area contributed by atoms with Gasteiger partial charge in [-0.3, -0.25) is 9.59 Å². The Morgan fingerprint density at radius 3 is 2.55 bits per heavy atom. The van der Waals surface area contributed by atoms with Crippen LogP contribution in [0.4, 0.5) is 0 Å². The van der Waals surface area contributed by atoms with E-state index in [0.29, 0.717) is 19.6 Å². The maximum Gasteiger partial charge on any atom is 0.242 e. The third-order valence-corrected chi connectivity index (χ3v) is 6.01. The first-order valence-corrected chi connectivity index (χ1v) is 10.6. The Bertz CT molecular complexity index is 998. The Hall–Kier alpha value is -2.99. The van der Waals surface area contributed by atoms with Gasteiger partial charge < -0.3 is 9.80 Å². The van der Waals surface area contributed by atoms with E-state index >= 15 is 0 Å². The minimum absolute atomic E-state index is 0.00609. The van der Waals surface area contributed by atoms with E-state index in [9.17, 15) is 9.59 Å². The Labute approximate surface area is 174 Å². The van der Waals surface area contributed by atoms with Crippen LogP contribution in [-0.2, 0) is 22.6 Å². The molecule has 29 heavy (non-hydrogen) atoms. The number of benzene rings is 2. The number of hydrogen-bond donors (Lipinski definition) is 0. The van der Waals surface area contributed by atoms with E-state index in [4.69, 9.17) is 0 Å². The highest BCUT2D eigenvalue weighted by Gasteiger charge is 2.27. The molecule has 0 N–H and O–H groups in total. The van der Waals surface area contributed by atoms with Crippen molar-refractivity contribution in [3.05, 3.63) is 76.8 Å². The molecule has 0 radical (unpaired) electrons. The standard InChI is InChI=1S/C23H23N3O2S/c1-17-7-9-18(10-8-17)14-25-11-12-26(15-22(25)28)21(27)13-20-16-29-23(24-20)19-5-3-2-4-6-19/h2-10,16H,11-15H2,1H3. The third-order valence-electron chi connectivity index (χ3n) is 5.07. The van der Waals surface area contributed by atoms with Crippen molar-refractivity contribution < 1.29 is 9.59 Å². The Morgan fingerprint density at radius 2 is 1.83 bits per heavy atom. The van der Waals surface area contributed by atoms with Gasteiger partial charge >= 0.3 is 0 Å². The lowest BCUT2D eigenvalue weighted by molar-refractivity contribution is -0.145. The van der Waals surface area contributed by atoms with Crippen molar-refractivity contribution in [3.63, 3.8) is 0 Å². The quantitative estimate of drug-likeness (QED) is 0.653. The molecule has 0 aliphatic carbocycles. The second kappa shape index (κ2) is 8.57. The third kappa shape index (κ3) is 4.71. The summed E-state index contributed by atoms with van der Waals surface area (Å²) in [6.45, 7) is 3.90. The number of rotatable bonds is 5. The molecule has 2 aromatic carbocycles. The smallest absolute Gasteiger partial charge is 0.242 e. The Kier molecular flexibility index (Phi) is 5.71. The molecule has 1 saturated heterocycles. The van der Waals surface area contributed by atoms with Crippen LogP contribution in [0.25, 0.3) is 10.6 Å². The highest BCUT2D eigenvalue weighted by molar-refractivity contribution is 7.13. The summed E-state index contributed by atoms with van der Waals surface area (Å²) in [5.41, 5.74) is 4.12. The average molecular weight is 406 g/mol. The van der Waals surface area contributed by atoms with Crippen molar-refractivity contribution in [1.29, 1.82) is 0 Å². The minimum Gasteiger partial charge on any atom is -0.335 e. The number of aromatic nitrogens is 1. The summed E-state index contributed by atoms with van der Waals surface area (Å²) in [5.74, 6) is -0.0494. The van der Waals surface area contributed by atoms with Crippen LogP contribution in [0.2, 0.25) is 0 Å². The van der Waals surface area contributed by atoms with Gasteiger partial charge in [-0.25, -0.2) is 4.98 Å². The molecule has 1 fully saturated rings. The van der Waals surface area contributed by atoms with E-state index in [0.717, 1.165) is 21.8 Å². The summed E-state index contributed by atoms with van der Waals surface area (Å²) in [5, 5.41) is 2.84. The molecule has 0 spiro atoms. The highest BCUT2D eigenvalue weighted by Crippen LogP contribution is 2.23. The van der Waals surface area contributed by atoms with Gasteiger partial charge in [0.05, 0.1) is 18.7 Å². The molecule has 2 amide bonds. The monoisotopic (exact) mass is 405 g/mol. The molecule has 0 bridgehead atoms. The number of hydrogen-bond acceptors (Lipinski definition) is 4. The zero-order valence-corrected chi connectivity index (χ0v) is 17.2. The van der Waals surface area contributed by atoms with Crippen molar-refractivity contribution in [2.45, 2.75) is 19.9 Å². The van der Waals surface area contributed by atoms with Crippen LogP contribution < -0.4 is 0 Å². The van der Waals surface area contributed by atoms with Gasteiger partial charge in [-0.15, -0.1) is 11.3 Å². The fourth-order valence-electron chi connectivity index (χ4n) is 3.37. The molecule has 0 atom stereocenters. The van der Waals surface area contributed by atoms with Gasteiger partial charge in [-0.2, -0.15) is 0 Å². The van der Waals surface area contributed by atoms with E-state index < -0.39 is 0 Å². The maximum atomic E-state index is 12.7. The van der Waals surface area contributed by atoms with Crippen LogP contribution in [0.3, 0.4) is 0 Å². The van der Waals surface area contributed by atoms with Crippen molar-refractivity contribution in [2.75, 3.05) is 19.6 Å². The van der Waals surface area contributed by atoms with E-state index in [2.05, 4.69) is 17.1 Å². The maximum absolute atomic E-state index is 12.7. The van der Waals surface area contributed by atoms with Crippen LogP contribution in [-0.4, -0.2) is 46.2 Å². The molecule has 0 unspecified atom stereocenters. The average Bonchev–Trinajstić information content (AvgIpc) is 3.20. The van der Waals surface area contributed by atoms with Crippen LogP contribution in [0.1, 0.15) is 16.8 Å². The number of carbonyl (C=O) groups is 2. The molecule has 5 nitrogen and oxygen atoms in total. The molecule has 1 aliphatic heterocycles. The Balaban J connectivity index is 1.33. The normalized spacial score (nSPS) is 14.3. The largest absolute Gasteiger partial charge is 0.335 e. The van der Waals surface area contributed by atoms with Gasteiger partial charge in [0.2, 0.25) is 11.8 Å². The molecular formula is C23H23N3O2S. The van der Waals surface area contributed by atoms with Gasteiger partial charge in [-0.1, -0.05) is 60.2 Å². The molecular weight excluding hydrogens is 382 g/mol. The molecule has 2 heterocycles. The first-order chi connectivity index (χ1) is 14.1. The minimum atomic E-state index is -0.0433. The van der Waals surface area contributed by atoms with E-state index in [-0.39, 0.29) is 24.8 Å². The van der Waals surface area contributed by atoms with E-state index in [1.165, 1.54) is 16.9 Å². The fraction of sp³-hybridized carbons (Fsp3) is 0.261. The second-order valence-corrected chi connectivity index (χ2v) is 8.16. The topological polar surface area (TPSA) is 53.5 Å². The van der Waals surface area contributed by atoms with Crippen LogP contribution in [0.15, 0.2) is 60.0 Å². The molecule has 6 heteroatoms. The van der Waals surface area contributed by atoms with Crippen LogP contribution >= 0.6 is 11.3 Å². The lowest BCUT2D eigenvalue weighted by Gasteiger charge is -2.34. The molecule has 3 aromatic rings. The summed E-state index contributed by atoms with van der Waals surface area (Å²) in [6, 6.07) is 18.1. The first-order valence-electron chi connectivity index (χ1n) is 9.69. The van der Waals surface area contributed by atoms with Crippen molar-refractivity contribution >= 4 is 23.2 Å². The second-order valence-electron chi connectivity index (χ2n) is 7.30. The zero-order chi connectivity index (χ0) is 20.2. The van der Waals surface area contributed by atoms with Crippen LogP contribution in [0, 0.1) is 6.92 Å². The van der Waals surface area contributed by atoms with E-state index in [1.54, 1.807) is 4.90 Å². The summed E-state index contributed by atoms with van der Waals surface area (Å²) >= 11 is 1.54. The lowest BCUT2D eigenvalue weighted by atomic mass is 10.1. The van der Waals surface area contributed by atoms with Gasteiger partial charge in [0.15, 0.2) is 0 Å². The molecule has 148 valence electrons. The van der Waals surface area contributed by atoms with Gasteiger partial charge in [-0.05, 0) is 12.5 Å². The highest BCUT2D eigenvalue weighted by atomic mass is 32.1. The summed E-state index contributed by atoms with van der Waals surface area (Å²) in [7, 11) is 0. The molecule has 1 aliphatic rings. The number of nitrogens with zero attached hydrogens (tertiary/aromatic N) is 3. The number of aryl methyl sites for hydroxylation is 1. The lowest BCUT2D eigenvalue weighted by Crippen LogP contribution is -2.52. The first kappa shape index (κ1) is 19.3. The van der Waals surface area contributed by atoms with Gasteiger partial charge in [0.25, 0.3) is 0 Å². The molecule has 1 aromatic heterocycles. The van der Waals surface area contributed by atoms with Crippen molar-refractivity contribution in [3.8, 4) is 10.6 Å². The van der Waals surface area contributed by atoms with Crippen LogP contribution in [0.5, 0.6) is 0 Å². The summed E-state index contributed by atoms with van der Waals surface area (Å²) in [6.07, 6.45) is 0.231.